The van der Waals surface area contributed by atoms with Crippen LogP contribution in [0.25, 0.3) is 44.7 Å². The first-order valence-corrected chi connectivity index (χ1v) is 17.6. The lowest BCUT2D eigenvalue weighted by Crippen LogP contribution is -2.28. The molecule has 4 aromatic heterocycles. The summed E-state index contributed by atoms with van der Waals surface area (Å²) in [5.41, 5.74) is 6.01. The van der Waals surface area contributed by atoms with Gasteiger partial charge in [0.1, 0.15) is 6.07 Å². The number of rotatable bonds is 2. The molecule has 4 aliphatic rings. The lowest BCUT2D eigenvalue weighted by Gasteiger charge is -2.35. The molecule has 0 radical (unpaired) electrons. The Morgan fingerprint density at radius 1 is 0.738 bits per heavy atom. The van der Waals surface area contributed by atoms with Gasteiger partial charge in [0.2, 0.25) is 5.00 Å². The number of hydrogen-bond donors (Lipinski definition) is 0. The van der Waals surface area contributed by atoms with Crippen molar-refractivity contribution in [1.29, 1.82) is 10.5 Å². The first kappa shape index (κ1) is 26.1. The van der Waals surface area contributed by atoms with Gasteiger partial charge in [0.25, 0.3) is 5.70 Å². The van der Waals surface area contributed by atoms with E-state index in [1.807, 2.05) is 34.8 Å². The van der Waals surface area contributed by atoms with Crippen molar-refractivity contribution in [2.75, 3.05) is 0 Å². The van der Waals surface area contributed by atoms with Gasteiger partial charge in [-0.05, 0) is 49.0 Å². The van der Waals surface area contributed by atoms with E-state index in [1.54, 1.807) is 34.3 Å². The zero-order valence-electron chi connectivity index (χ0n) is 22.7. The van der Waals surface area contributed by atoms with E-state index in [9.17, 15) is 10.5 Å². The molecule has 8 rings (SSSR count). The minimum absolute atomic E-state index is 0.0120. The quantitative estimate of drug-likeness (QED) is 0.0972. The fourth-order valence-electron chi connectivity index (χ4n) is 8.11. The Morgan fingerprint density at radius 3 is 1.83 bits per heavy atom. The smallest absolute Gasteiger partial charge is 0.350 e. The van der Waals surface area contributed by atoms with Crippen molar-refractivity contribution >= 4 is 71.7 Å². The predicted octanol–water partition coefficient (Wildman–Crippen LogP) is 10.8. The molecule has 5 nitrogen and oxygen atoms in total. The lowest BCUT2D eigenvalue weighted by molar-refractivity contribution is 0.355. The van der Waals surface area contributed by atoms with Crippen LogP contribution in [0.5, 0.6) is 0 Å². The summed E-state index contributed by atoms with van der Waals surface area (Å²) in [5.74, 6) is -0.101. The van der Waals surface area contributed by atoms with Crippen LogP contribution < -0.4 is 0 Å². The van der Waals surface area contributed by atoms with Crippen LogP contribution in [0.3, 0.4) is 0 Å². The van der Waals surface area contributed by atoms with Gasteiger partial charge < -0.3 is 4.85 Å². The molecule has 0 aromatic carbocycles. The molecule has 2 fully saturated rings. The molecule has 2 saturated carbocycles. The number of thiophene rings is 4. The van der Waals surface area contributed by atoms with Crippen molar-refractivity contribution in [3.8, 4) is 31.6 Å². The van der Waals surface area contributed by atoms with Crippen LogP contribution in [-0.2, 0) is 10.8 Å². The van der Waals surface area contributed by atoms with Crippen LogP contribution in [0.15, 0.2) is 22.8 Å². The van der Waals surface area contributed by atoms with Gasteiger partial charge in [0, 0.05) is 37.8 Å². The van der Waals surface area contributed by atoms with Crippen LogP contribution in [0.4, 0.5) is 5.00 Å². The van der Waals surface area contributed by atoms with Crippen LogP contribution >= 0.6 is 45.3 Å². The van der Waals surface area contributed by atoms with Crippen molar-refractivity contribution in [2.24, 2.45) is 4.99 Å². The fraction of sp³-hybridized carbons (Fsp3) is 0.364. The van der Waals surface area contributed by atoms with E-state index in [-0.39, 0.29) is 22.4 Å². The van der Waals surface area contributed by atoms with Crippen LogP contribution in [-0.4, -0.2) is 5.84 Å². The standard InChI is InChI=1S/C33H23N5S4/c1-36-18(16-34)13-19-14-20-26(39-19)28-24(32(20)9-5-3-6-10-32)30-31(41-28)25-29(42-30)27-21(33(25)11-7-4-8-12-33)15-23(40-27)38-22(17-35)37-2/h13-15H,3-12H2/b18-13+,38-22-. The second-order valence-electron chi connectivity index (χ2n) is 11.7. The molecule has 0 atom stereocenters. The average molecular weight is 618 g/mol. The Labute approximate surface area is 260 Å². The Morgan fingerprint density at radius 2 is 1.31 bits per heavy atom. The highest BCUT2D eigenvalue weighted by molar-refractivity contribution is 7.34. The Balaban J connectivity index is 1.37. The maximum Gasteiger partial charge on any atom is 0.350 e. The average Bonchev–Trinajstić information content (AvgIpc) is 3.84. The molecule has 0 bridgehead atoms. The SMILES string of the molecule is [C-]#[N+]/C(C#N)=N\c1cc2c(s1)-c1sc3c4c(sc3c1C21CCCCC1)-c1sc(/C=C(\C#N)[N+]#[C-])cc1C41CCCCC1. The zero-order chi connectivity index (χ0) is 28.6. The highest BCUT2D eigenvalue weighted by Crippen LogP contribution is 2.69. The molecular weight excluding hydrogens is 595 g/mol. The molecule has 4 aromatic rings. The molecular formula is C33H23N5S4. The van der Waals surface area contributed by atoms with E-state index >= 15 is 0 Å². The summed E-state index contributed by atoms with van der Waals surface area (Å²) in [5, 5.41) is 19.5. The van der Waals surface area contributed by atoms with E-state index in [2.05, 4.69) is 26.8 Å². The highest BCUT2D eigenvalue weighted by Gasteiger charge is 2.52. The first-order chi connectivity index (χ1) is 20.6. The van der Waals surface area contributed by atoms with E-state index < -0.39 is 0 Å². The van der Waals surface area contributed by atoms with Crippen LogP contribution in [0.2, 0.25) is 0 Å². The van der Waals surface area contributed by atoms with Crippen molar-refractivity contribution in [3.05, 3.63) is 67.8 Å². The molecule has 4 aliphatic carbocycles. The maximum absolute atomic E-state index is 9.40. The zero-order valence-corrected chi connectivity index (χ0v) is 25.9. The van der Waals surface area contributed by atoms with E-state index in [1.165, 1.54) is 84.1 Å². The molecule has 2 spiro atoms. The monoisotopic (exact) mass is 617 g/mol. The van der Waals surface area contributed by atoms with Crippen LogP contribution in [0.1, 0.15) is 91.3 Å². The molecule has 9 heteroatoms. The normalized spacial score (nSPS) is 19.5. The van der Waals surface area contributed by atoms with Gasteiger partial charge in [0.15, 0.2) is 0 Å². The predicted molar refractivity (Wildman–Crippen MR) is 174 cm³/mol. The molecule has 0 unspecified atom stereocenters. The second-order valence-corrected chi connectivity index (χ2v) is 15.8. The number of nitriles is 2. The summed E-state index contributed by atoms with van der Waals surface area (Å²) in [7, 11) is 0. The number of fused-ring (bicyclic) bond motifs is 13. The van der Waals surface area contributed by atoms with E-state index in [0.29, 0.717) is 0 Å². The molecule has 42 heavy (non-hydrogen) atoms. The molecule has 0 aliphatic heterocycles. The van der Waals surface area contributed by atoms with Crippen molar-refractivity contribution in [2.45, 2.75) is 75.0 Å². The summed E-state index contributed by atoms with van der Waals surface area (Å²) >= 11 is 7.36. The highest BCUT2D eigenvalue weighted by atomic mass is 32.1. The van der Waals surface area contributed by atoms with Gasteiger partial charge in [-0.25, -0.2) is 15.4 Å². The van der Waals surface area contributed by atoms with E-state index in [0.717, 1.165) is 35.6 Å². The Kier molecular flexibility index (Phi) is 5.88. The summed E-state index contributed by atoms with van der Waals surface area (Å²) in [4.78, 5) is 17.6. The fourth-order valence-corrected chi connectivity index (χ4v) is 14.0. The second kappa shape index (κ2) is 9.47. The minimum atomic E-state index is -0.101. The van der Waals surface area contributed by atoms with E-state index in [4.69, 9.17) is 13.1 Å². The van der Waals surface area contributed by atoms with Crippen molar-refractivity contribution < 1.29 is 0 Å². The molecule has 0 amide bonds. The van der Waals surface area contributed by atoms with Crippen molar-refractivity contribution in [3.63, 3.8) is 0 Å². The number of nitrogens with zero attached hydrogens (tertiary/aromatic N) is 5. The van der Waals surface area contributed by atoms with Gasteiger partial charge in [-0.2, -0.15) is 0 Å². The lowest BCUT2D eigenvalue weighted by atomic mass is 9.67. The minimum Gasteiger partial charge on any atom is -0.351 e. The third-order valence-electron chi connectivity index (χ3n) is 9.74. The van der Waals surface area contributed by atoms with Crippen molar-refractivity contribution in [1.82, 2.24) is 0 Å². The number of allylic oxidation sites excluding steroid dienone is 1. The van der Waals surface area contributed by atoms with Gasteiger partial charge in [-0.1, -0.05) is 61.4 Å². The third-order valence-corrected chi connectivity index (χ3v) is 14.7. The first-order valence-electron chi connectivity index (χ1n) is 14.3. The number of hydrogen-bond acceptors (Lipinski definition) is 7. The largest absolute Gasteiger partial charge is 0.351 e. The topological polar surface area (TPSA) is 68.7 Å². The maximum atomic E-state index is 9.40. The Hall–Kier alpha value is -3.57. The van der Waals surface area contributed by atoms with Gasteiger partial charge >= 0.3 is 5.84 Å². The van der Waals surface area contributed by atoms with Gasteiger partial charge in [0.05, 0.1) is 36.7 Å². The molecule has 4 heterocycles. The number of amidine groups is 1. The third kappa shape index (κ3) is 3.37. The summed E-state index contributed by atoms with van der Waals surface area (Å²) in [6.07, 6.45) is 13.7. The van der Waals surface area contributed by atoms with Gasteiger partial charge in [-0.3, -0.25) is 0 Å². The summed E-state index contributed by atoms with van der Waals surface area (Å²) in [6.45, 7) is 14.7. The number of aliphatic imine (C=N–C) groups is 1. The Bertz CT molecular complexity index is 1870. The summed E-state index contributed by atoms with van der Waals surface area (Å²) in [6, 6.07) is 8.43. The summed E-state index contributed by atoms with van der Waals surface area (Å²) < 4.78 is 2.93. The van der Waals surface area contributed by atoms with Crippen LogP contribution in [0, 0.1) is 35.8 Å². The molecule has 204 valence electrons. The van der Waals surface area contributed by atoms with Gasteiger partial charge in [-0.15, -0.1) is 34.0 Å². The molecule has 0 N–H and O–H groups in total. The molecule has 0 saturated heterocycles.